The quantitative estimate of drug-likeness (QED) is 0.121. The van der Waals surface area contributed by atoms with Crippen LogP contribution in [0.25, 0.3) is 17.4 Å². The van der Waals surface area contributed by atoms with Crippen LogP contribution in [0.2, 0.25) is 0 Å². The minimum absolute atomic E-state index is 0.0509. The van der Waals surface area contributed by atoms with E-state index in [9.17, 15) is 24.0 Å². The summed E-state index contributed by atoms with van der Waals surface area (Å²) in [5.41, 5.74) is 2.35. The van der Waals surface area contributed by atoms with Crippen molar-refractivity contribution in [1.82, 2.24) is 0 Å². The molecule has 0 aliphatic carbocycles. The number of allylic oxidation sites excluding steroid dienone is 1. The van der Waals surface area contributed by atoms with Crippen LogP contribution in [0.1, 0.15) is 70.7 Å². The lowest BCUT2D eigenvalue weighted by atomic mass is 9.88. The highest BCUT2D eigenvalue weighted by Crippen LogP contribution is 2.49. The molecule has 0 spiro atoms. The molecule has 226 valence electrons. The molecule has 45 heavy (non-hydrogen) atoms. The van der Waals surface area contributed by atoms with Crippen LogP contribution in [-0.4, -0.2) is 51.0 Å². The van der Waals surface area contributed by atoms with Crippen LogP contribution in [0.3, 0.4) is 0 Å². The van der Waals surface area contributed by atoms with E-state index in [1.165, 1.54) is 45.6 Å². The maximum absolute atomic E-state index is 13.4. The number of hydrogen-bond acceptors (Lipinski definition) is 11. The van der Waals surface area contributed by atoms with Crippen LogP contribution < -0.4 is 9.47 Å². The normalized spacial score (nSPS) is 15.9. The van der Waals surface area contributed by atoms with Crippen molar-refractivity contribution in [1.29, 1.82) is 0 Å². The number of esters is 4. The topological polar surface area (TPSA) is 145 Å². The summed E-state index contributed by atoms with van der Waals surface area (Å²) in [5, 5.41) is 0. The largest absolute Gasteiger partial charge is 0.465 e. The van der Waals surface area contributed by atoms with Gasteiger partial charge in [0.1, 0.15) is 23.0 Å². The van der Waals surface area contributed by atoms with Gasteiger partial charge in [-0.1, -0.05) is 12.1 Å². The molecule has 1 aromatic heterocycles. The molecule has 11 heteroatoms. The van der Waals surface area contributed by atoms with Gasteiger partial charge in [-0.25, -0.2) is 14.4 Å². The predicted octanol–water partition coefficient (Wildman–Crippen LogP) is 5.36. The number of hydrogen-bond donors (Lipinski definition) is 0. The zero-order valence-electron chi connectivity index (χ0n) is 24.2. The van der Waals surface area contributed by atoms with Gasteiger partial charge < -0.3 is 28.1 Å². The first-order chi connectivity index (χ1) is 21.7. The van der Waals surface area contributed by atoms with Gasteiger partial charge in [0.25, 0.3) is 0 Å². The molecule has 6 rings (SSSR count). The van der Waals surface area contributed by atoms with Crippen molar-refractivity contribution in [3.63, 3.8) is 0 Å². The van der Waals surface area contributed by atoms with E-state index in [0.29, 0.717) is 33.8 Å². The average molecular weight is 609 g/mol. The molecule has 11 nitrogen and oxygen atoms in total. The Morgan fingerprint density at radius 3 is 2.04 bits per heavy atom. The molecule has 0 bridgehead atoms. The first-order valence-electron chi connectivity index (χ1n) is 13.6. The van der Waals surface area contributed by atoms with Crippen LogP contribution in [-0.2, 0) is 19.0 Å². The fourth-order valence-electron chi connectivity index (χ4n) is 5.27. The smallest absolute Gasteiger partial charge is 0.337 e. The molecule has 1 unspecified atom stereocenters. The molecule has 1 atom stereocenters. The number of Topliss-reactive ketones (excluding diaryl/α,β-unsaturated/α-hetero) is 1. The summed E-state index contributed by atoms with van der Waals surface area (Å²) in [7, 11) is 3.74. The van der Waals surface area contributed by atoms with Gasteiger partial charge in [-0.2, -0.15) is 0 Å². The first-order valence-corrected chi connectivity index (χ1v) is 13.6. The lowest BCUT2D eigenvalue weighted by Crippen LogP contribution is -2.21. The summed E-state index contributed by atoms with van der Waals surface area (Å²) in [6.07, 6.45) is 1.45. The van der Waals surface area contributed by atoms with E-state index >= 15 is 0 Å². The van der Waals surface area contributed by atoms with Gasteiger partial charge >= 0.3 is 23.9 Å². The lowest BCUT2D eigenvalue weighted by Gasteiger charge is -2.24. The number of carbonyl (C=O) groups excluding carboxylic acids is 5. The summed E-state index contributed by atoms with van der Waals surface area (Å²) >= 11 is 0. The number of carbonyl (C=O) groups is 5. The molecule has 0 radical (unpaired) electrons. The zero-order valence-corrected chi connectivity index (χ0v) is 24.2. The second-order valence-corrected chi connectivity index (χ2v) is 10.1. The van der Waals surface area contributed by atoms with Crippen molar-refractivity contribution in [3.8, 4) is 22.8 Å². The zero-order chi connectivity index (χ0) is 31.8. The summed E-state index contributed by atoms with van der Waals surface area (Å²) in [6.45, 7) is 0. The maximum atomic E-state index is 13.4. The van der Waals surface area contributed by atoms with Crippen molar-refractivity contribution in [2.24, 2.45) is 0 Å². The minimum Gasteiger partial charge on any atom is -0.465 e. The fraction of sp³-hybridized carbons (Fsp3) is 0.147. The van der Waals surface area contributed by atoms with Crippen LogP contribution in [0.4, 0.5) is 0 Å². The third-order valence-corrected chi connectivity index (χ3v) is 7.44. The van der Waals surface area contributed by atoms with E-state index in [2.05, 4.69) is 0 Å². The van der Waals surface area contributed by atoms with Crippen molar-refractivity contribution in [2.75, 3.05) is 21.3 Å². The van der Waals surface area contributed by atoms with Crippen LogP contribution >= 0.6 is 0 Å². The summed E-state index contributed by atoms with van der Waals surface area (Å²) < 4.78 is 32.2. The Morgan fingerprint density at radius 2 is 1.40 bits per heavy atom. The van der Waals surface area contributed by atoms with E-state index in [4.69, 9.17) is 28.1 Å². The van der Waals surface area contributed by atoms with E-state index in [0.717, 1.165) is 0 Å². The molecular weight excluding hydrogens is 584 g/mol. The molecular formula is C34H24O11. The molecule has 2 aliphatic heterocycles. The second-order valence-electron chi connectivity index (χ2n) is 10.1. The molecule has 0 saturated heterocycles. The van der Waals surface area contributed by atoms with E-state index in [1.54, 1.807) is 48.5 Å². The Labute approximate surface area is 255 Å². The number of benzene rings is 3. The summed E-state index contributed by atoms with van der Waals surface area (Å²) in [5.74, 6) is -2.15. The molecule has 3 aromatic carbocycles. The van der Waals surface area contributed by atoms with Crippen molar-refractivity contribution < 1.29 is 52.1 Å². The van der Waals surface area contributed by atoms with E-state index in [1.807, 2.05) is 0 Å². The van der Waals surface area contributed by atoms with Gasteiger partial charge in [-0.3, -0.25) is 9.59 Å². The third kappa shape index (κ3) is 5.35. The van der Waals surface area contributed by atoms with Gasteiger partial charge in [-0.05, 0) is 66.2 Å². The number of methoxy groups -OCH3 is 3. The van der Waals surface area contributed by atoms with Gasteiger partial charge in [0.2, 0.25) is 5.78 Å². The number of ether oxygens (including phenoxy) is 5. The minimum atomic E-state index is -0.680. The fourth-order valence-corrected chi connectivity index (χ4v) is 5.27. The first kappa shape index (κ1) is 29.1. The predicted molar refractivity (Wildman–Crippen MR) is 156 cm³/mol. The summed E-state index contributed by atoms with van der Waals surface area (Å²) in [6, 6.07) is 17.2. The van der Waals surface area contributed by atoms with Crippen molar-refractivity contribution >= 4 is 35.7 Å². The van der Waals surface area contributed by atoms with E-state index < -0.39 is 29.8 Å². The maximum Gasteiger partial charge on any atom is 0.337 e. The van der Waals surface area contributed by atoms with Crippen LogP contribution in [0.5, 0.6) is 11.5 Å². The van der Waals surface area contributed by atoms with E-state index in [-0.39, 0.29) is 46.2 Å². The monoisotopic (exact) mass is 608 g/mol. The number of ketones is 1. The molecule has 3 heterocycles. The van der Waals surface area contributed by atoms with Gasteiger partial charge in [0.05, 0.1) is 55.9 Å². The Bertz CT molecular complexity index is 1890. The average Bonchev–Trinajstić information content (AvgIpc) is 3.68. The van der Waals surface area contributed by atoms with Crippen LogP contribution in [0, 0.1) is 0 Å². The highest BCUT2D eigenvalue weighted by Gasteiger charge is 2.39. The van der Waals surface area contributed by atoms with Crippen molar-refractivity contribution in [3.05, 3.63) is 112 Å². The van der Waals surface area contributed by atoms with Gasteiger partial charge in [0.15, 0.2) is 5.76 Å². The highest BCUT2D eigenvalue weighted by molar-refractivity contribution is 6.15. The SMILES string of the molecule is COC(=O)c1ccc(/C=C2\Oc3c(ccc4c3C(c3ccc(-c5cc(C(=O)OC)cc(C(=O)OC)c5)o3)CC(=O)O4)C2=O)cc1. The molecule has 0 saturated carbocycles. The second kappa shape index (κ2) is 11.6. The lowest BCUT2D eigenvalue weighted by molar-refractivity contribution is -0.135. The molecule has 0 N–H and O–H groups in total. The van der Waals surface area contributed by atoms with Crippen molar-refractivity contribution in [2.45, 2.75) is 12.3 Å². The Balaban J connectivity index is 1.37. The number of rotatable bonds is 6. The van der Waals surface area contributed by atoms with Crippen LogP contribution in [0.15, 0.2) is 76.9 Å². The number of furan rings is 1. The van der Waals surface area contributed by atoms with Gasteiger partial charge in [0, 0.05) is 11.1 Å². The molecule has 0 fully saturated rings. The third-order valence-electron chi connectivity index (χ3n) is 7.44. The molecule has 4 aromatic rings. The summed E-state index contributed by atoms with van der Waals surface area (Å²) in [4.78, 5) is 62.4. The Hall–Kier alpha value is -5.97. The standard InChI is InChI=1S/C34H24O11/c1-40-32(37)18-6-4-17(5-7-18)12-27-30(36)22-8-9-26-29(31(22)45-27)23(16-28(35)44-26)25-11-10-24(43-25)19-13-20(33(38)41-2)15-21(14-19)34(39)42-3/h4-15,23H,16H2,1-3H3/b27-12-. The Morgan fingerprint density at radius 1 is 0.756 bits per heavy atom. The van der Waals surface area contributed by atoms with Gasteiger partial charge in [-0.15, -0.1) is 0 Å². The Kier molecular flexibility index (Phi) is 7.51. The molecule has 0 amide bonds. The number of fused-ring (bicyclic) bond motifs is 3. The molecule has 2 aliphatic rings. The highest BCUT2D eigenvalue weighted by atomic mass is 16.5.